The van der Waals surface area contributed by atoms with Crippen molar-refractivity contribution in [3.8, 4) is 0 Å². The van der Waals surface area contributed by atoms with Crippen molar-refractivity contribution in [2.75, 3.05) is 0 Å². The number of carboxylic acids is 6. The molecule has 156 valence electrons. The van der Waals surface area contributed by atoms with E-state index in [1.165, 1.54) is 0 Å². The van der Waals surface area contributed by atoms with Gasteiger partial charge in [0.15, 0.2) is 0 Å². The zero-order valence-corrected chi connectivity index (χ0v) is 19.5. The van der Waals surface area contributed by atoms with Crippen LogP contribution in [0.15, 0.2) is 0 Å². The molecular weight excluding hydrogens is 457 g/mol. The van der Waals surface area contributed by atoms with E-state index in [0.29, 0.717) is 0 Å². The fourth-order valence-electron chi connectivity index (χ4n) is 1.37. The topological polar surface area (TPSA) is 313 Å². The molecule has 0 saturated heterocycles. The Morgan fingerprint density at radius 3 is 0.700 bits per heavy atom. The summed E-state index contributed by atoms with van der Waals surface area (Å²) in [5, 5.41) is 77.9. The van der Waals surface area contributed by atoms with E-state index in [2.05, 4.69) is 0 Å². The molecule has 0 bridgehead atoms. The number of rotatable bonds is 10. The average Bonchev–Trinajstić information content (AvgIpc) is 2.34. The van der Waals surface area contributed by atoms with Crippen LogP contribution in [0.5, 0.6) is 0 Å². The van der Waals surface area contributed by atoms with Crippen LogP contribution in [0, 0.1) is 0 Å². The summed E-state index contributed by atoms with van der Waals surface area (Å²) in [6, 6.07) is 0. The third-order valence-electron chi connectivity index (χ3n) is 2.51. The van der Waals surface area contributed by atoms with Crippen LogP contribution < -0.4 is 30.6 Å². The van der Waals surface area contributed by atoms with E-state index in [-0.39, 0.29) is 74.6 Å². The van der Waals surface area contributed by atoms with Crippen molar-refractivity contribution in [1.82, 2.24) is 0 Å². The molecule has 30 heavy (non-hydrogen) atoms. The number of carboxylic acid groups (broad SMARTS) is 6. The Morgan fingerprint density at radius 2 is 0.633 bits per heavy atom. The number of aliphatic carboxylic acids is 6. The quantitative estimate of drug-likeness (QED) is 0.281. The van der Waals surface area contributed by atoms with Crippen LogP contribution in [0.25, 0.3) is 0 Å². The first-order valence-electron chi connectivity index (χ1n) is 6.23. The summed E-state index contributed by atoms with van der Waals surface area (Å²) >= 11 is 0. The van der Waals surface area contributed by atoms with Crippen LogP contribution in [0.3, 0.4) is 0 Å². The van der Waals surface area contributed by atoms with Gasteiger partial charge in [-0.15, -0.1) is 0 Å². The number of hydrogen-bond donors (Lipinski definition) is 2. The zero-order valence-electron chi connectivity index (χ0n) is 15.2. The van der Waals surface area contributed by atoms with Crippen LogP contribution in [-0.2, 0) is 28.8 Å². The van der Waals surface area contributed by atoms with Gasteiger partial charge in [0.2, 0.25) is 0 Å². The molecule has 0 aliphatic carbocycles. The third kappa shape index (κ3) is 19.0. The molecule has 0 radical (unpaired) electrons. The maximum atomic E-state index is 10.1. The molecule has 0 amide bonds. The second-order valence-corrected chi connectivity index (χ2v) is 4.83. The molecule has 0 saturated carbocycles. The maximum Gasteiger partial charge on any atom is 2.00 e. The van der Waals surface area contributed by atoms with Gasteiger partial charge in [0.05, 0.1) is 11.9 Å². The molecule has 0 fully saturated rings. The number of hydrogen-bond acceptors (Lipinski definition) is 14. The molecule has 15 nitrogen and oxygen atoms in total. The van der Waals surface area contributed by atoms with Gasteiger partial charge < -0.3 is 75.1 Å². The normalized spacial score (nSPS) is 9.40. The van der Waals surface area contributed by atoms with E-state index in [4.69, 9.17) is 10.2 Å². The Labute approximate surface area is 215 Å². The van der Waals surface area contributed by atoms with Crippen molar-refractivity contribution in [1.29, 1.82) is 0 Å². The Kier molecular flexibility index (Phi) is 26.9. The van der Waals surface area contributed by atoms with E-state index in [0.717, 1.165) is 0 Å². The minimum absolute atomic E-state index is 0. The first-order valence-corrected chi connectivity index (χ1v) is 6.23. The van der Waals surface area contributed by atoms with Crippen molar-refractivity contribution < 1.29 is 75.1 Å². The molecule has 0 heterocycles. The van der Waals surface area contributed by atoms with Crippen molar-refractivity contribution in [2.45, 2.75) is 36.9 Å². The minimum Gasteiger partial charge on any atom is -0.550 e. The maximum absolute atomic E-state index is 10.1. The van der Waals surface area contributed by atoms with Gasteiger partial charge in [0.25, 0.3) is 0 Å². The molecule has 0 rings (SSSR count). The molecule has 0 aromatic heterocycles. The van der Waals surface area contributed by atoms with Gasteiger partial charge in [-0.2, -0.15) is 0 Å². The SMILES string of the molecule is O.O=C([O-])CC(O)(CC(=O)[O-])C(=O)[O-].O=C([O-])CC(O)(CC(=O)[O-])C(=O)[O-].[Mg+2].[Mg+2].[Mg+2]. The summed E-state index contributed by atoms with van der Waals surface area (Å²) in [4.78, 5) is 60.0. The standard InChI is InChI=1S/2C6H8O7.3Mg.H2O/c2*7-3(8)1-6(13,5(11)12)2-4(9)10;;;;/h2*13H,1-2H2,(H,7,8)(H,9,10)(H,11,12);;;;1H2/q;;3*+2;/p-6. The van der Waals surface area contributed by atoms with Gasteiger partial charge in [-0.1, -0.05) is 0 Å². The smallest absolute Gasteiger partial charge is 0.550 e. The zero-order chi connectivity index (χ0) is 21.3. The molecule has 0 aliphatic heterocycles. The molecule has 4 N–H and O–H groups in total. The van der Waals surface area contributed by atoms with Crippen molar-refractivity contribution in [2.24, 2.45) is 0 Å². The van der Waals surface area contributed by atoms with E-state index in [1.807, 2.05) is 0 Å². The van der Waals surface area contributed by atoms with Gasteiger partial charge in [-0.3, -0.25) is 0 Å². The van der Waals surface area contributed by atoms with Crippen molar-refractivity contribution in [3.05, 3.63) is 0 Å². The third-order valence-corrected chi connectivity index (χ3v) is 2.51. The van der Waals surface area contributed by atoms with E-state index >= 15 is 0 Å². The van der Waals surface area contributed by atoms with Gasteiger partial charge >= 0.3 is 69.2 Å². The van der Waals surface area contributed by atoms with Crippen LogP contribution in [0.1, 0.15) is 25.7 Å². The number of carbonyl (C=O) groups excluding carboxylic acids is 6. The molecule has 0 unspecified atom stereocenters. The van der Waals surface area contributed by atoms with Crippen molar-refractivity contribution in [3.63, 3.8) is 0 Å². The fraction of sp³-hybridized carbons (Fsp3) is 0.500. The summed E-state index contributed by atoms with van der Waals surface area (Å²) in [7, 11) is 0. The monoisotopic (exact) mass is 468 g/mol. The molecule has 0 aromatic carbocycles. The predicted octanol–water partition coefficient (Wildman–Crippen LogP) is -12.5. The Bertz CT molecular complexity index is 522. The fourth-order valence-corrected chi connectivity index (χ4v) is 1.37. The minimum atomic E-state index is -2.97. The molecule has 18 heteroatoms. The average molecular weight is 469 g/mol. The Hall–Kier alpha value is -1.00. The van der Waals surface area contributed by atoms with E-state index in [1.54, 1.807) is 0 Å². The first-order chi connectivity index (χ1) is 11.6. The summed E-state index contributed by atoms with van der Waals surface area (Å²) in [5.74, 6) is -12.0. The van der Waals surface area contributed by atoms with Crippen molar-refractivity contribution >= 4 is 105 Å². The Morgan fingerprint density at radius 1 is 0.500 bits per heavy atom. The van der Waals surface area contributed by atoms with Gasteiger partial charge in [-0.25, -0.2) is 0 Å². The largest absolute Gasteiger partial charge is 2.00 e. The van der Waals surface area contributed by atoms with Crippen LogP contribution in [-0.4, -0.2) is 132 Å². The number of carbonyl (C=O) groups is 6. The summed E-state index contributed by atoms with van der Waals surface area (Å²) in [5.41, 5.74) is -5.95. The molecule has 0 aromatic rings. The second-order valence-electron chi connectivity index (χ2n) is 4.83. The summed E-state index contributed by atoms with van der Waals surface area (Å²) < 4.78 is 0. The molecule has 0 spiro atoms. The first kappa shape index (κ1) is 43.0. The molecule has 0 aliphatic rings. The van der Waals surface area contributed by atoms with Gasteiger partial charge in [0.1, 0.15) is 11.2 Å². The number of aliphatic hydroxyl groups is 2. The summed E-state index contributed by atoms with van der Waals surface area (Å²) in [6.45, 7) is 0. The van der Waals surface area contributed by atoms with Crippen LogP contribution in [0.2, 0.25) is 0 Å². The van der Waals surface area contributed by atoms with E-state index in [9.17, 15) is 59.4 Å². The van der Waals surface area contributed by atoms with Crippen LogP contribution in [0.4, 0.5) is 0 Å². The summed E-state index contributed by atoms with van der Waals surface area (Å²) in [6.07, 6.45) is -5.43. The van der Waals surface area contributed by atoms with E-state index < -0.39 is 72.7 Å². The Balaban J connectivity index is -0.0000000847. The molecule has 0 atom stereocenters. The second kappa shape index (κ2) is 18.7. The van der Waals surface area contributed by atoms with Crippen LogP contribution >= 0.6 is 0 Å². The van der Waals surface area contributed by atoms with Gasteiger partial charge in [0, 0.05) is 49.6 Å². The van der Waals surface area contributed by atoms with Gasteiger partial charge in [-0.05, 0) is 0 Å². The molecular formula is C12H12Mg3O15. The predicted molar refractivity (Wildman–Crippen MR) is 79.3 cm³/mol.